The molecule has 23 heavy (non-hydrogen) atoms. The van der Waals surface area contributed by atoms with Gasteiger partial charge in [-0.3, -0.25) is 10.2 Å². The van der Waals surface area contributed by atoms with Crippen LogP contribution in [0.2, 0.25) is 5.15 Å². The van der Waals surface area contributed by atoms with Gasteiger partial charge in [-0.2, -0.15) is 0 Å². The molecular weight excluding hydrogens is 312 g/mol. The Morgan fingerprint density at radius 3 is 3.04 bits per heavy atom. The third kappa shape index (κ3) is 3.69. The van der Waals surface area contributed by atoms with Crippen molar-refractivity contribution < 1.29 is 4.79 Å². The third-order valence-corrected chi connectivity index (χ3v) is 4.32. The summed E-state index contributed by atoms with van der Waals surface area (Å²) in [6, 6.07) is 11.9. The van der Waals surface area contributed by atoms with Crippen LogP contribution in [-0.4, -0.2) is 24.0 Å². The van der Waals surface area contributed by atoms with Gasteiger partial charge in [-0.1, -0.05) is 41.4 Å². The zero-order valence-electron chi connectivity index (χ0n) is 12.8. The second-order valence-electron chi connectivity index (χ2n) is 5.73. The maximum Gasteiger partial charge on any atom is 0.254 e. The number of hydrogen-bond acceptors (Lipinski definition) is 4. The summed E-state index contributed by atoms with van der Waals surface area (Å²) in [4.78, 5) is 16.2. The van der Waals surface area contributed by atoms with E-state index in [1.165, 1.54) is 11.1 Å². The van der Waals surface area contributed by atoms with E-state index in [4.69, 9.17) is 11.6 Å². The van der Waals surface area contributed by atoms with Crippen LogP contribution in [0.1, 0.15) is 27.5 Å². The molecule has 0 bridgehead atoms. The first-order valence-corrected chi connectivity index (χ1v) is 7.96. The van der Waals surface area contributed by atoms with Gasteiger partial charge in [0, 0.05) is 25.2 Å². The lowest BCUT2D eigenvalue weighted by Gasteiger charge is -2.19. The van der Waals surface area contributed by atoms with Crippen molar-refractivity contribution in [1.29, 1.82) is 0 Å². The van der Waals surface area contributed by atoms with Crippen molar-refractivity contribution in [3.05, 3.63) is 64.4 Å². The lowest BCUT2D eigenvalue weighted by molar-refractivity contribution is 0.0946. The molecule has 1 aromatic heterocycles. The predicted octanol–water partition coefficient (Wildman–Crippen LogP) is 2.24. The number of halogens is 1. The van der Waals surface area contributed by atoms with Crippen molar-refractivity contribution >= 4 is 17.5 Å². The SMILES string of the molecule is Cc1cccc(C2NNCC2CNC(=O)c2cccnc2Cl)c1. The highest BCUT2D eigenvalue weighted by Crippen LogP contribution is 2.25. The highest BCUT2D eigenvalue weighted by atomic mass is 35.5. The molecule has 0 radical (unpaired) electrons. The van der Waals surface area contributed by atoms with Crippen LogP contribution in [0.4, 0.5) is 0 Å². The number of nitrogens with zero attached hydrogens (tertiary/aromatic N) is 1. The molecule has 0 spiro atoms. The van der Waals surface area contributed by atoms with E-state index in [1.54, 1.807) is 18.3 Å². The average Bonchev–Trinajstić information content (AvgIpc) is 3.01. The van der Waals surface area contributed by atoms with Gasteiger partial charge in [0.1, 0.15) is 5.15 Å². The molecule has 1 amide bonds. The van der Waals surface area contributed by atoms with Gasteiger partial charge in [-0.25, -0.2) is 10.4 Å². The van der Waals surface area contributed by atoms with Gasteiger partial charge in [-0.05, 0) is 24.6 Å². The Kier molecular flexibility index (Phi) is 4.91. The Morgan fingerprint density at radius 1 is 1.39 bits per heavy atom. The number of aromatic nitrogens is 1. The fourth-order valence-corrected chi connectivity index (χ4v) is 3.02. The van der Waals surface area contributed by atoms with Crippen molar-refractivity contribution in [3.63, 3.8) is 0 Å². The Balaban J connectivity index is 1.65. The fraction of sp³-hybridized carbons (Fsp3) is 0.294. The van der Waals surface area contributed by atoms with Crippen LogP contribution in [-0.2, 0) is 0 Å². The van der Waals surface area contributed by atoms with Crippen molar-refractivity contribution in [2.24, 2.45) is 5.92 Å². The van der Waals surface area contributed by atoms with E-state index >= 15 is 0 Å². The lowest BCUT2D eigenvalue weighted by atomic mass is 9.94. The number of pyridine rings is 1. The average molecular weight is 331 g/mol. The monoisotopic (exact) mass is 330 g/mol. The molecule has 120 valence electrons. The molecule has 1 aliphatic rings. The minimum absolute atomic E-state index is 0.166. The van der Waals surface area contributed by atoms with Crippen LogP contribution < -0.4 is 16.2 Å². The number of carbonyl (C=O) groups is 1. The fourth-order valence-electron chi connectivity index (χ4n) is 2.82. The summed E-state index contributed by atoms with van der Waals surface area (Å²) in [5.41, 5.74) is 9.30. The Labute approximate surface area is 140 Å². The number of benzene rings is 1. The van der Waals surface area contributed by atoms with E-state index in [2.05, 4.69) is 52.3 Å². The van der Waals surface area contributed by atoms with Gasteiger partial charge >= 0.3 is 0 Å². The molecular formula is C17H19ClN4O. The third-order valence-electron chi connectivity index (χ3n) is 4.02. The van der Waals surface area contributed by atoms with Crippen LogP contribution in [0.5, 0.6) is 0 Å². The number of rotatable bonds is 4. The molecule has 1 saturated heterocycles. The number of hydrazine groups is 1. The van der Waals surface area contributed by atoms with E-state index in [-0.39, 0.29) is 23.0 Å². The molecule has 2 aromatic rings. The second-order valence-corrected chi connectivity index (χ2v) is 6.09. The van der Waals surface area contributed by atoms with Gasteiger partial charge < -0.3 is 5.32 Å². The van der Waals surface area contributed by atoms with E-state index < -0.39 is 0 Å². The zero-order chi connectivity index (χ0) is 16.2. The zero-order valence-corrected chi connectivity index (χ0v) is 13.6. The first-order chi connectivity index (χ1) is 11.1. The van der Waals surface area contributed by atoms with E-state index in [0.29, 0.717) is 12.1 Å². The van der Waals surface area contributed by atoms with Crippen LogP contribution in [0.15, 0.2) is 42.6 Å². The standard InChI is InChI=1S/C17H19ClN4O/c1-11-4-2-5-12(8-11)15-13(10-21-22-15)9-20-17(23)14-6-3-7-19-16(14)18/h2-8,13,15,21-22H,9-10H2,1H3,(H,20,23). The van der Waals surface area contributed by atoms with Crippen molar-refractivity contribution in [2.75, 3.05) is 13.1 Å². The summed E-state index contributed by atoms with van der Waals surface area (Å²) in [5, 5.41) is 3.18. The van der Waals surface area contributed by atoms with Crippen LogP contribution in [0.3, 0.4) is 0 Å². The van der Waals surface area contributed by atoms with Crippen molar-refractivity contribution in [2.45, 2.75) is 13.0 Å². The summed E-state index contributed by atoms with van der Waals surface area (Å²) in [5.74, 6) is 0.0641. The normalized spacial score (nSPS) is 20.4. The summed E-state index contributed by atoms with van der Waals surface area (Å²) >= 11 is 5.96. The quantitative estimate of drug-likeness (QED) is 0.752. The second kappa shape index (κ2) is 7.08. The highest BCUT2D eigenvalue weighted by Gasteiger charge is 2.28. The molecule has 2 atom stereocenters. The Hall–Kier alpha value is -1.95. The molecule has 0 saturated carbocycles. The first-order valence-electron chi connectivity index (χ1n) is 7.59. The summed E-state index contributed by atoms with van der Waals surface area (Å²) in [7, 11) is 0. The minimum atomic E-state index is -0.196. The molecule has 3 N–H and O–H groups in total. The Morgan fingerprint density at radius 2 is 2.26 bits per heavy atom. The summed E-state index contributed by atoms with van der Waals surface area (Å²) in [6.07, 6.45) is 1.57. The number of hydrogen-bond donors (Lipinski definition) is 3. The number of aryl methyl sites for hydroxylation is 1. The molecule has 3 rings (SSSR count). The molecule has 0 aliphatic carbocycles. The number of nitrogens with one attached hydrogen (secondary N) is 3. The van der Waals surface area contributed by atoms with Crippen molar-refractivity contribution in [1.82, 2.24) is 21.2 Å². The van der Waals surface area contributed by atoms with Gasteiger partial charge in [0.05, 0.1) is 11.6 Å². The molecule has 1 aromatic carbocycles. The van der Waals surface area contributed by atoms with E-state index in [0.717, 1.165) is 6.54 Å². The molecule has 1 fully saturated rings. The smallest absolute Gasteiger partial charge is 0.254 e. The Bertz CT molecular complexity index is 706. The largest absolute Gasteiger partial charge is 0.352 e. The van der Waals surface area contributed by atoms with Crippen molar-refractivity contribution in [3.8, 4) is 0 Å². The minimum Gasteiger partial charge on any atom is -0.352 e. The molecule has 5 nitrogen and oxygen atoms in total. The van der Waals surface area contributed by atoms with Gasteiger partial charge in [0.15, 0.2) is 0 Å². The molecule has 1 aliphatic heterocycles. The summed E-state index contributed by atoms with van der Waals surface area (Å²) in [6.45, 7) is 3.43. The number of carbonyl (C=O) groups excluding carboxylic acids is 1. The van der Waals surface area contributed by atoms with Crippen LogP contribution in [0, 0.1) is 12.8 Å². The van der Waals surface area contributed by atoms with Gasteiger partial charge in [-0.15, -0.1) is 0 Å². The molecule has 2 unspecified atom stereocenters. The van der Waals surface area contributed by atoms with E-state index in [1.807, 2.05) is 0 Å². The maximum absolute atomic E-state index is 12.2. The topological polar surface area (TPSA) is 66.0 Å². The van der Waals surface area contributed by atoms with Gasteiger partial charge in [0.25, 0.3) is 5.91 Å². The lowest BCUT2D eigenvalue weighted by Crippen LogP contribution is -2.33. The number of amides is 1. The van der Waals surface area contributed by atoms with Crippen LogP contribution in [0.25, 0.3) is 0 Å². The first kappa shape index (κ1) is 15.9. The van der Waals surface area contributed by atoms with Gasteiger partial charge in [0.2, 0.25) is 0 Å². The molecule has 2 heterocycles. The van der Waals surface area contributed by atoms with Crippen LogP contribution >= 0.6 is 11.6 Å². The maximum atomic E-state index is 12.2. The van der Waals surface area contributed by atoms with E-state index in [9.17, 15) is 4.79 Å². The highest BCUT2D eigenvalue weighted by molar-refractivity contribution is 6.32. The molecule has 6 heteroatoms. The summed E-state index contributed by atoms with van der Waals surface area (Å²) < 4.78 is 0. The predicted molar refractivity (Wildman–Crippen MR) is 90.1 cm³/mol.